The van der Waals surface area contributed by atoms with Crippen LogP contribution in [0.25, 0.3) is 10.8 Å². The quantitative estimate of drug-likeness (QED) is 0.896. The first-order valence-corrected chi connectivity index (χ1v) is 6.56. The second kappa shape index (κ2) is 5.93. The summed E-state index contributed by atoms with van der Waals surface area (Å²) in [5.74, 6) is 2.14. The Morgan fingerprint density at radius 1 is 1.11 bits per heavy atom. The van der Waals surface area contributed by atoms with E-state index in [1.165, 1.54) is 16.3 Å². The van der Waals surface area contributed by atoms with Gasteiger partial charge in [-0.3, -0.25) is 0 Å². The molecule has 2 aromatic carbocycles. The second-order valence-corrected chi connectivity index (χ2v) is 4.75. The van der Waals surface area contributed by atoms with Crippen molar-refractivity contribution in [3.05, 3.63) is 35.9 Å². The minimum atomic E-state index is 0.357. The van der Waals surface area contributed by atoms with Crippen LogP contribution in [-0.4, -0.2) is 20.8 Å². The number of rotatable bonds is 5. The maximum absolute atomic E-state index is 5.69. The van der Waals surface area contributed by atoms with E-state index in [2.05, 4.69) is 25.1 Å². The highest BCUT2D eigenvalue weighted by molar-refractivity contribution is 5.89. The topological polar surface area (TPSA) is 44.5 Å². The van der Waals surface area contributed by atoms with Gasteiger partial charge < -0.3 is 15.2 Å². The number of fused-ring (bicyclic) bond motifs is 1. The van der Waals surface area contributed by atoms with E-state index in [1.54, 1.807) is 14.2 Å². The summed E-state index contributed by atoms with van der Waals surface area (Å²) < 4.78 is 10.8. The van der Waals surface area contributed by atoms with Gasteiger partial charge in [-0.2, -0.15) is 0 Å². The van der Waals surface area contributed by atoms with Crippen LogP contribution >= 0.6 is 0 Å². The van der Waals surface area contributed by atoms with Crippen molar-refractivity contribution in [2.45, 2.75) is 19.3 Å². The standard InChI is InChI=1S/C16H21NO2/c1-11(8-9-17)16-14-10-13(18-2)6-4-12(14)5-7-15(16)19-3/h4-7,10-11H,8-9,17H2,1-3H3. The lowest BCUT2D eigenvalue weighted by atomic mass is 9.91. The third-order valence-electron chi connectivity index (χ3n) is 3.54. The summed E-state index contributed by atoms with van der Waals surface area (Å²) in [7, 11) is 3.39. The molecule has 0 aromatic heterocycles. The predicted molar refractivity (Wildman–Crippen MR) is 79.1 cm³/mol. The van der Waals surface area contributed by atoms with E-state index in [9.17, 15) is 0 Å². The molecule has 2 rings (SSSR count). The fourth-order valence-electron chi connectivity index (χ4n) is 2.51. The van der Waals surface area contributed by atoms with Crippen molar-refractivity contribution in [1.29, 1.82) is 0 Å². The minimum absolute atomic E-state index is 0.357. The van der Waals surface area contributed by atoms with Gasteiger partial charge in [0.15, 0.2) is 0 Å². The first-order chi connectivity index (χ1) is 9.21. The van der Waals surface area contributed by atoms with E-state index < -0.39 is 0 Å². The number of nitrogens with two attached hydrogens (primary N) is 1. The summed E-state index contributed by atoms with van der Waals surface area (Å²) in [5.41, 5.74) is 6.91. The van der Waals surface area contributed by atoms with Gasteiger partial charge in [0.2, 0.25) is 0 Å². The Balaban J connectivity index is 2.66. The molecule has 102 valence electrons. The highest BCUT2D eigenvalue weighted by atomic mass is 16.5. The zero-order valence-corrected chi connectivity index (χ0v) is 11.8. The largest absolute Gasteiger partial charge is 0.497 e. The Labute approximate surface area is 114 Å². The number of benzene rings is 2. The van der Waals surface area contributed by atoms with Crippen molar-refractivity contribution in [2.75, 3.05) is 20.8 Å². The van der Waals surface area contributed by atoms with E-state index in [0.717, 1.165) is 17.9 Å². The molecule has 3 heteroatoms. The summed E-state index contributed by atoms with van der Waals surface area (Å²) in [6, 6.07) is 10.2. The van der Waals surface area contributed by atoms with Gasteiger partial charge in [-0.25, -0.2) is 0 Å². The smallest absolute Gasteiger partial charge is 0.122 e. The lowest BCUT2D eigenvalue weighted by Crippen LogP contribution is -2.06. The molecular weight excluding hydrogens is 238 g/mol. The van der Waals surface area contributed by atoms with Gasteiger partial charge in [0.25, 0.3) is 0 Å². The van der Waals surface area contributed by atoms with E-state index in [-0.39, 0.29) is 0 Å². The molecule has 0 spiro atoms. The average Bonchev–Trinajstić information content (AvgIpc) is 2.45. The van der Waals surface area contributed by atoms with Gasteiger partial charge in [-0.15, -0.1) is 0 Å². The fraction of sp³-hybridized carbons (Fsp3) is 0.375. The molecule has 2 N–H and O–H groups in total. The van der Waals surface area contributed by atoms with Crippen molar-refractivity contribution >= 4 is 10.8 Å². The van der Waals surface area contributed by atoms with E-state index >= 15 is 0 Å². The zero-order valence-electron chi connectivity index (χ0n) is 11.8. The van der Waals surface area contributed by atoms with Gasteiger partial charge in [0.05, 0.1) is 14.2 Å². The summed E-state index contributed by atoms with van der Waals surface area (Å²) in [4.78, 5) is 0. The maximum Gasteiger partial charge on any atom is 0.122 e. The van der Waals surface area contributed by atoms with Crippen LogP contribution in [0.3, 0.4) is 0 Å². The number of methoxy groups -OCH3 is 2. The van der Waals surface area contributed by atoms with Gasteiger partial charge >= 0.3 is 0 Å². The van der Waals surface area contributed by atoms with Crippen LogP contribution < -0.4 is 15.2 Å². The Kier molecular flexibility index (Phi) is 4.27. The van der Waals surface area contributed by atoms with Crippen LogP contribution in [-0.2, 0) is 0 Å². The number of hydrogen-bond acceptors (Lipinski definition) is 3. The van der Waals surface area contributed by atoms with E-state index in [0.29, 0.717) is 12.5 Å². The third kappa shape index (κ3) is 2.66. The molecule has 0 radical (unpaired) electrons. The molecule has 2 aromatic rings. The Morgan fingerprint density at radius 2 is 1.84 bits per heavy atom. The van der Waals surface area contributed by atoms with Gasteiger partial charge in [-0.05, 0) is 47.9 Å². The third-order valence-corrected chi connectivity index (χ3v) is 3.54. The lowest BCUT2D eigenvalue weighted by Gasteiger charge is -2.18. The average molecular weight is 259 g/mol. The van der Waals surface area contributed by atoms with Crippen molar-refractivity contribution in [1.82, 2.24) is 0 Å². The number of ether oxygens (including phenoxy) is 2. The van der Waals surface area contributed by atoms with Crippen LogP contribution in [0, 0.1) is 0 Å². The Hall–Kier alpha value is -1.74. The molecule has 0 heterocycles. The Bertz CT molecular complexity index is 561. The molecule has 0 aliphatic carbocycles. The van der Waals surface area contributed by atoms with E-state index in [4.69, 9.17) is 15.2 Å². The van der Waals surface area contributed by atoms with Crippen LogP contribution in [0.2, 0.25) is 0 Å². The molecule has 0 fully saturated rings. The Morgan fingerprint density at radius 3 is 2.47 bits per heavy atom. The molecule has 0 saturated carbocycles. The molecule has 0 aliphatic heterocycles. The molecule has 0 saturated heterocycles. The van der Waals surface area contributed by atoms with Crippen molar-refractivity contribution in [3.63, 3.8) is 0 Å². The molecule has 1 atom stereocenters. The predicted octanol–water partition coefficient (Wildman–Crippen LogP) is 3.31. The van der Waals surface area contributed by atoms with Crippen molar-refractivity contribution < 1.29 is 9.47 Å². The maximum atomic E-state index is 5.69. The summed E-state index contributed by atoms with van der Waals surface area (Å²) in [6.07, 6.45) is 0.937. The second-order valence-electron chi connectivity index (χ2n) is 4.75. The molecule has 1 unspecified atom stereocenters. The lowest BCUT2D eigenvalue weighted by molar-refractivity contribution is 0.406. The first-order valence-electron chi connectivity index (χ1n) is 6.56. The molecule has 3 nitrogen and oxygen atoms in total. The summed E-state index contributed by atoms with van der Waals surface area (Å²) in [5, 5.41) is 2.38. The SMILES string of the molecule is COc1ccc2ccc(OC)c(C(C)CCN)c2c1. The summed E-state index contributed by atoms with van der Waals surface area (Å²) in [6.45, 7) is 2.86. The monoisotopic (exact) mass is 259 g/mol. The molecule has 0 aliphatic rings. The zero-order chi connectivity index (χ0) is 13.8. The van der Waals surface area contributed by atoms with Crippen LogP contribution in [0.15, 0.2) is 30.3 Å². The molecular formula is C16H21NO2. The van der Waals surface area contributed by atoms with Crippen LogP contribution in [0.5, 0.6) is 11.5 Å². The van der Waals surface area contributed by atoms with E-state index in [1.807, 2.05) is 12.1 Å². The number of hydrogen-bond donors (Lipinski definition) is 1. The highest BCUT2D eigenvalue weighted by Gasteiger charge is 2.15. The normalized spacial score (nSPS) is 12.4. The van der Waals surface area contributed by atoms with Gasteiger partial charge in [0, 0.05) is 5.56 Å². The van der Waals surface area contributed by atoms with Crippen LogP contribution in [0.1, 0.15) is 24.8 Å². The van der Waals surface area contributed by atoms with Crippen molar-refractivity contribution in [2.24, 2.45) is 5.73 Å². The minimum Gasteiger partial charge on any atom is -0.497 e. The molecule has 0 amide bonds. The molecule has 19 heavy (non-hydrogen) atoms. The van der Waals surface area contributed by atoms with Gasteiger partial charge in [0.1, 0.15) is 11.5 Å². The van der Waals surface area contributed by atoms with Crippen LogP contribution in [0.4, 0.5) is 0 Å². The molecule has 0 bridgehead atoms. The fourth-order valence-corrected chi connectivity index (χ4v) is 2.51. The first kappa shape index (κ1) is 13.7. The van der Waals surface area contributed by atoms with Crippen molar-refractivity contribution in [3.8, 4) is 11.5 Å². The van der Waals surface area contributed by atoms with Gasteiger partial charge in [-0.1, -0.05) is 19.1 Å². The summed E-state index contributed by atoms with van der Waals surface area (Å²) >= 11 is 0. The highest BCUT2D eigenvalue weighted by Crippen LogP contribution is 2.36.